The van der Waals surface area contributed by atoms with E-state index in [2.05, 4.69) is 15.5 Å². The van der Waals surface area contributed by atoms with Crippen LogP contribution >= 0.6 is 0 Å². The van der Waals surface area contributed by atoms with Gasteiger partial charge < -0.3 is 19.7 Å². The Bertz CT molecular complexity index is 341. The summed E-state index contributed by atoms with van der Waals surface area (Å²) in [4.78, 5) is 1.94. The summed E-state index contributed by atoms with van der Waals surface area (Å²) in [5.41, 5.74) is 0. The van der Waals surface area contributed by atoms with E-state index in [1.165, 1.54) is 0 Å². The van der Waals surface area contributed by atoms with Crippen LogP contribution in [-0.2, 0) is 0 Å². The Balaban J connectivity index is 2.06. The van der Waals surface area contributed by atoms with Crippen molar-refractivity contribution in [3.63, 3.8) is 0 Å². The number of aliphatic hydroxyl groups is 1. The minimum atomic E-state index is -0.286. The van der Waals surface area contributed by atoms with E-state index < -0.39 is 0 Å². The molecule has 0 radical (unpaired) electrons. The molecule has 0 saturated carbocycles. The SMILES string of the molecule is CNC(C)c1nnc(N2CCCC(O)C2)o1. The normalized spacial score (nSPS) is 23.4. The van der Waals surface area contributed by atoms with Crippen molar-refractivity contribution in [2.24, 2.45) is 0 Å². The Morgan fingerprint density at radius 1 is 1.56 bits per heavy atom. The summed E-state index contributed by atoms with van der Waals surface area (Å²) in [5.74, 6) is 0.581. The summed E-state index contributed by atoms with van der Waals surface area (Å²) < 4.78 is 5.55. The Morgan fingerprint density at radius 2 is 2.38 bits per heavy atom. The molecular weight excluding hydrogens is 208 g/mol. The molecule has 1 aromatic heterocycles. The second kappa shape index (κ2) is 4.80. The maximum absolute atomic E-state index is 9.56. The van der Waals surface area contributed by atoms with E-state index >= 15 is 0 Å². The van der Waals surface area contributed by atoms with Crippen LogP contribution in [0, 0.1) is 0 Å². The summed E-state index contributed by atoms with van der Waals surface area (Å²) in [5, 5.41) is 20.6. The van der Waals surface area contributed by atoms with Gasteiger partial charge in [0, 0.05) is 13.1 Å². The third-order valence-corrected chi connectivity index (χ3v) is 2.90. The molecular formula is C10H18N4O2. The molecule has 0 aliphatic carbocycles. The Hall–Kier alpha value is -1.14. The van der Waals surface area contributed by atoms with Gasteiger partial charge in [-0.3, -0.25) is 0 Å². The second-order valence-corrected chi connectivity index (χ2v) is 4.18. The highest BCUT2D eigenvalue weighted by Crippen LogP contribution is 2.20. The Morgan fingerprint density at radius 3 is 3.06 bits per heavy atom. The zero-order valence-corrected chi connectivity index (χ0v) is 9.68. The van der Waals surface area contributed by atoms with Gasteiger partial charge in [0.1, 0.15) is 0 Å². The fraction of sp³-hybridized carbons (Fsp3) is 0.800. The van der Waals surface area contributed by atoms with Gasteiger partial charge in [0.2, 0.25) is 5.89 Å². The fourth-order valence-corrected chi connectivity index (χ4v) is 1.78. The minimum absolute atomic E-state index is 0.0518. The van der Waals surface area contributed by atoms with Gasteiger partial charge in [0.25, 0.3) is 0 Å². The minimum Gasteiger partial charge on any atom is -0.406 e. The Kier molecular flexibility index (Phi) is 3.40. The summed E-state index contributed by atoms with van der Waals surface area (Å²) in [6.45, 7) is 3.41. The van der Waals surface area contributed by atoms with Crippen LogP contribution in [-0.4, -0.2) is 41.5 Å². The van der Waals surface area contributed by atoms with Crippen LogP contribution in [0.25, 0.3) is 0 Å². The lowest BCUT2D eigenvalue weighted by Gasteiger charge is -2.28. The largest absolute Gasteiger partial charge is 0.406 e. The van der Waals surface area contributed by atoms with Crippen molar-refractivity contribution in [2.45, 2.75) is 31.9 Å². The van der Waals surface area contributed by atoms with Crippen LogP contribution in [0.1, 0.15) is 31.7 Å². The van der Waals surface area contributed by atoms with E-state index in [9.17, 15) is 5.11 Å². The van der Waals surface area contributed by atoms with E-state index in [4.69, 9.17) is 4.42 Å². The summed E-state index contributed by atoms with van der Waals surface area (Å²) >= 11 is 0. The molecule has 1 fully saturated rings. The van der Waals surface area contributed by atoms with Crippen molar-refractivity contribution < 1.29 is 9.52 Å². The number of aliphatic hydroxyl groups excluding tert-OH is 1. The molecule has 16 heavy (non-hydrogen) atoms. The predicted octanol–water partition coefficient (Wildman–Crippen LogP) is 0.311. The molecule has 0 spiro atoms. The predicted molar refractivity (Wildman–Crippen MR) is 59.2 cm³/mol. The molecule has 0 amide bonds. The standard InChI is InChI=1S/C10H18N4O2/c1-7(11-2)9-12-13-10(16-9)14-5-3-4-8(15)6-14/h7-8,11,15H,3-6H2,1-2H3. The molecule has 2 heterocycles. The van der Waals surface area contributed by atoms with E-state index in [1.54, 1.807) is 0 Å². The average Bonchev–Trinajstić information content (AvgIpc) is 2.77. The molecule has 1 aromatic rings. The lowest BCUT2D eigenvalue weighted by molar-refractivity contribution is 0.151. The number of hydrogen-bond donors (Lipinski definition) is 2. The van der Waals surface area contributed by atoms with Gasteiger partial charge in [-0.1, -0.05) is 5.10 Å². The molecule has 2 atom stereocenters. The molecule has 2 N–H and O–H groups in total. The topological polar surface area (TPSA) is 74.4 Å². The van der Waals surface area contributed by atoms with E-state index in [0.29, 0.717) is 18.5 Å². The van der Waals surface area contributed by atoms with Crippen molar-refractivity contribution in [1.29, 1.82) is 0 Å². The molecule has 1 aliphatic rings. The molecule has 6 heteroatoms. The first kappa shape index (κ1) is 11.3. The van der Waals surface area contributed by atoms with Gasteiger partial charge in [-0.25, -0.2) is 0 Å². The summed E-state index contributed by atoms with van der Waals surface area (Å²) in [6, 6.07) is 0.562. The average molecular weight is 226 g/mol. The van der Waals surface area contributed by atoms with Gasteiger partial charge >= 0.3 is 6.01 Å². The van der Waals surface area contributed by atoms with Gasteiger partial charge in [-0.2, -0.15) is 0 Å². The third-order valence-electron chi connectivity index (χ3n) is 2.90. The monoisotopic (exact) mass is 226 g/mol. The third kappa shape index (κ3) is 2.33. The lowest BCUT2D eigenvalue weighted by atomic mass is 10.1. The smallest absolute Gasteiger partial charge is 0.318 e. The highest BCUT2D eigenvalue weighted by molar-refractivity contribution is 5.25. The number of nitrogens with zero attached hydrogens (tertiary/aromatic N) is 3. The van der Waals surface area contributed by atoms with E-state index in [1.807, 2.05) is 18.9 Å². The molecule has 2 unspecified atom stereocenters. The first-order chi connectivity index (χ1) is 7.70. The maximum atomic E-state index is 9.56. The molecule has 6 nitrogen and oxygen atoms in total. The fourth-order valence-electron chi connectivity index (χ4n) is 1.78. The number of hydrogen-bond acceptors (Lipinski definition) is 6. The highest BCUT2D eigenvalue weighted by Gasteiger charge is 2.23. The van der Waals surface area contributed by atoms with Crippen LogP contribution in [0.3, 0.4) is 0 Å². The van der Waals surface area contributed by atoms with Crippen LogP contribution in [0.5, 0.6) is 0 Å². The zero-order chi connectivity index (χ0) is 11.5. The highest BCUT2D eigenvalue weighted by atomic mass is 16.4. The quantitative estimate of drug-likeness (QED) is 0.772. The number of rotatable bonds is 3. The van der Waals surface area contributed by atoms with Crippen LogP contribution < -0.4 is 10.2 Å². The van der Waals surface area contributed by atoms with Gasteiger partial charge in [0.15, 0.2) is 0 Å². The maximum Gasteiger partial charge on any atom is 0.318 e. The molecule has 90 valence electrons. The second-order valence-electron chi connectivity index (χ2n) is 4.18. The van der Waals surface area contributed by atoms with E-state index in [0.717, 1.165) is 19.4 Å². The molecule has 0 aromatic carbocycles. The van der Waals surface area contributed by atoms with E-state index in [-0.39, 0.29) is 12.1 Å². The number of β-amino-alcohol motifs (C(OH)–C–C–N with tert-alkyl or cyclic N) is 1. The number of anilines is 1. The van der Waals surface area contributed by atoms with Crippen molar-refractivity contribution >= 4 is 6.01 Å². The molecule has 1 aliphatic heterocycles. The van der Waals surface area contributed by atoms with Crippen molar-refractivity contribution in [1.82, 2.24) is 15.5 Å². The number of piperidine rings is 1. The van der Waals surface area contributed by atoms with Crippen LogP contribution in [0.4, 0.5) is 6.01 Å². The van der Waals surface area contributed by atoms with Crippen molar-refractivity contribution in [2.75, 3.05) is 25.0 Å². The first-order valence-electron chi connectivity index (χ1n) is 5.64. The molecule has 1 saturated heterocycles. The number of nitrogens with one attached hydrogen (secondary N) is 1. The van der Waals surface area contributed by atoms with Crippen molar-refractivity contribution in [3.05, 3.63) is 5.89 Å². The molecule has 0 bridgehead atoms. The van der Waals surface area contributed by atoms with Crippen LogP contribution in [0.15, 0.2) is 4.42 Å². The molecule has 2 rings (SSSR count). The zero-order valence-electron chi connectivity index (χ0n) is 9.68. The summed E-state index contributed by atoms with van der Waals surface area (Å²) in [7, 11) is 1.85. The van der Waals surface area contributed by atoms with Crippen molar-refractivity contribution in [3.8, 4) is 0 Å². The van der Waals surface area contributed by atoms with Gasteiger partial charge in [0.05, 0.1) is 12.1 Å². The lowest BCUT2D eigenvalue weighted by Crippen LogP contribution is -2.38. The van der Waals surface area contributed by atoms with Crippen LogP contribution in [0.2, 0.25) is 0 Å². The first-order valence-corrected chi connectivity index (χ1v) is 5.64. The van der Waals surface area contributed by atoms with Gasteiger partial charge in [-0.15, -0.1) is 5.10 Å². The Labute approximate surface area is 94.7 Å². The summed E-state index contributed by atoms with van der Waals surface area (Å²) in [6.07, 6.45) is 1.52. The number of aromatic nitrogens is 2. The van der Waals surface area contributed by atoms with Gasteiger partial charge in [-0.05, 0) is 26.8 Å².